The summed E-state index contributed by atoms with van der Waals surface area (Å²) < 4.78 is 18.9. The normalized spacial score (nSPS) is 17.1. The number of nitrogens with two attached hydrogens (primary N) is 1. The summed E-state index contributed by atoms with van der Waals surface area (Å²) in [5.74, 6) is -0.169. The molecule has 3 aromatic carbocycles. The molecule has 194 valence electrons. The van der Waals surface area contributed by atoms with Gasteiger partial charge in [-0.15, -0.1) is 0 Å². The van der Waals surface area contributed by atoms with E-state index in [0.29, 0.717) is 44.7 Å². The highest BCUT2D eigenvalue weighted by molar-refractivity contribution is 5.98. The van der Waals surface area contributed by atoms with Crippen LogP contribution in [0, 0.1) is 5.82 Å². The third-order valence-corrected chi connectivity index (χ3v) is 6.64. The van der Waals surface area contributed by atoms with Crippen LogP contribution in [0.25, 0.3) is 0 Å². The summed E-state index contributed by atoms with van der Waals surface area (Å²) in [6, 6.07) is 22.7. The van der Waals surface area contributed by atoms with Crippen molar-refractivity contribution < 1.29 is 18.7 Å². The predicted octanol–water partition coefficient (Wildman–Crippen LogP) is 3.19. The molecule has 2 unspecified atom stereocenters. The molecule has 0 spiro atoms. The average Bonchev–Trinajstić information content (AvgIpc) is 3.38. The quantitative estimate of drug-likeness (QED) is 0.443. The number of hydrogen-bond acceptors (Lipinski definition) is 5. The number of hydrogen-bond donors (Lipinski definition) is 2. The fourth-order valence-corrected chi connectivity index (χ4v) is 4.76. The van der Waals surface area contributed by atoms with Gasteiger partial charge in [0.2, 0.25) is 5.91 Å². The molecular weight excluding hydrogens is 471 g/mol. The van der Waals surface area contributed by atoms with Gasteiger partial charge in [-0.25, -0.2) is 4.39 Å². The lowest BCUT2D eigenvalue weighted by Crippen LogP contribution is -2.47. The Balaban J connectivity index is 1.63. The van der Waals surface area contributed by atoms with E-state index in [0.717, 1.165) is 16.9 Å². The number of nitrogens with one attached hydrogen (secondary N) is 1. The molecule has 1 aliphatic heterocycles. The number of carbonyl (C=O) groups is 2. The molecule has 1 saturated heterocycles. The molecule has 3 N–H and O–H groups in total. The molecule has 1 fully saturated rings. The van der Waals surface area contributed by atoms with Gasteiger partial charge >= 0.3 is 0 Å². The largest absolute Gasteiger partial charge is 0.497 e. The van der Waals surface area contributed by atoms with E-state index in [1.54, 1.807) is 12.0 Å². The number of nitrogens with zero attached hydrogens (tertiary/aromatic N) is 2. The van der Waals surface area contributed by atoms with Gasteiger partial charge in [-0.2, -0.15) is 0 Å². The Morgan fingerprint density at radius 3 is 2.43 bits per heavy atom. The zero-order valence-corrected chi connectivity index (χ0v) is 21.0. The summed E-state index contributed by atoms with van der Waals surface area (Å²) >= 11 is 0. The molecule has 3 aromatic rings. The molecule has 37 heavy (non-hydrogen) atoms. The smallest absolute Gasteiger partial charge is 0.254 e. The summed E-state index contributed by atoms with van der Waals surface area (Å²) in [6.45, 7) is 2.28. The molecule has 0 aromatic heterocycles. The van der Waals surface area contributed by atoms with Crippen LogP contribution in [-0.2, 0) is 17.9 Å². The molecule has 0 radical (unpaired) electrons. The van der Waals surface area contributed by atoms with Gasteiger partial charge in [0.15, 0.2) is 0 Å². The van der Waals surface area contributed by atoms with Gasteiger partial charge in [0, 0.05) is 44.3 Å². The molecule has 1 heterocycles. The lowest BCUT2D eigenvalue weighted by atomic mass is 10.1. The number of ether oxygens (including phenoxy) is 1. The van der Waals surface area contributed by atoms with Crippen LogP contribution in [0.2, 0.25) is 0 Å². The first kappa shape index (κ1) is 26.3. The first-order chi connectivity index (χ1) is 18.0. The average molecular weight is 505 g/mol. The minimum Gasteiger partial charge on any atom is -0.497 e. The Morgan fingerprint density at radius 1 is 1.03 bits per heavy atom. The summed E-state index contributed by atoms with van der Waals surface area (Å²) in [7, 11) is 1.64. The lowest BCUT2D eigenvalue weighted by molar-refractivity contribution is -0.124. The maximum absolute atomic E-state index is 13.5. The Bertz CT molecular complexity index is 1190. The molecule has 0 bridgehead atoms. The molecule has 0 saturated carbocycles. The molecule has 2 amide bonds. The van der Waals surface area contributed by atoms with Gasteiger partial charge in [0.25, 0.3) is 5.91 Å². The third kappa shape index (κ3) is 6.72. The van der Waals surface area contributed by atoms with Crippen LogP contribution >= 0.6 is 0 Å². The van der Waals surface area contributed by atoms with Gasteiger partial charge in [0.05, 0.1) is 7.11 Å². The van der Waals surface area contributed by atoms with Crippen LogP contribution in [0.1, 0.15) is 27.9 Å². The van der Waals surface area contributed by atoms with Crippen LogP contribution in [-0.4, -0.2) is 60.4 Å². The van der Waals surface area contributed by atoms with Crippen molar-refractivity contribution in [2.75, 3.05) is 26.7 Å². The fourth-order valence-electron chi connectivity index (χ4n) is 4.76. The number of amides is 2. The second-order valence-corrected chi connectivity index (χ2v) is 9.19. The molecule has 0 aliphatic carbocycles. The SMILES string of the molecule is COc1cccc(CN(Cc2ccccc2)C2CC(C(=O)NCCN)N(C(=O)c3ccc(F)cc3)C2)c1. The summed E-state index contributed by atoms with van der Waals surface area (Å²) in [4.78, 5) is 30.5. The lowest BCUT2D eigenvalue weighted by Gasteiger charge is -2.29. The first-order valence-electron chi connectivity index (χ1n) is 12.4. The maximum atomic E-state index is 13.5. The van der Waals surface area contributed by atoms with Crippen molar-refractivity contribution >= 4 is 11.8 Å². The maximum Gasteiger partial charge on any atom is 0.254 e. The highest BCUT2D eigenvalue weighted by Gasteiger charge is 2.42. The van der Waals surface area contributed by atoms with Crippen molar-refractivity contribution in [2.45, 2.75) is 31.6 Å². The highest BCUT2D eigenvalue weighted by Crippen LogP contribution is 2.28. The van der Waals surface area contributed by atoms with Gasteiger partial charge in [0.1, 0.15) is 17.6 Å². The summed E-state index contributed by atoms with van der Waals surface area (Å²) in [6.07, 6.45) is 0.472. The molecule has 7 nitrogen and oxygen atoms in total. The van der Waals surface area contributed by atoms with E-state index in [2.05, 4.69) is 22.3 Å². The van der Waals surface area contributed by atoms with Crippen molar-refractivity contribution in [1.29, 1.82) is 0 Å². The van der Waals surface area contributed by atoms with Crippen molar-refractivity contribution in [3.63, 3.8) is 0 Å². The van der Waals surface area contributed by atoms with E-state index in [4.69, 9.17) is 10.5 Å². The molecule has 2 atom stereocenters. The number of halogens is 1. The minimum absolute atomic E-state index is 0.0792. The van der Waals surface area contributed by atoms with E-state index in [1.807, 2.05) is 42.5 Å². The third-order valence-electron chi connectivity index (χ3n) is 6.64. The zero-order valence-electron chi connectivity index (χ0n) is 21.0. The van der Waals surface area contributed by atoms with E-state index in [9.17, 15) is 14.0 Å². The van der Waals surface area contributed by atoms with Gasteiger partial charge in [-0.3, -0.25) is 14.5 Å². The predicted molar refractivity (Wildman–Crippen MR) is 140 cm³/mol. The Hall–Kier alpha value is -3.75. The van der Waals surface area contributed by atoms with Crippen molar-refractivity contribution in [1.82, 2.24) is 15.1 Å². The van der Waals surface area contributed by atoms with Gasteiger partial charge in [-0.1, -0.05) is 42.5 Å². The monoisotopic (exact) mass is 504 g/mol. The molecular formula is C29H33FN4O3. The van der Waals surface area contributed by atoms with Crippen LogP contribution < -0.4 is 15.8 Å². The van der Waals surface area contributed by atoms with E-state index in [-0.39, 0.29) is 17.9 Å². The fraction of sp³-hybridized carbons (Fsp3) is 0.310. The van der Waals surface area contributed by atoms with Crippen LogP contribution in [0.4, 0.5) is 4.39 Å². The molecule has 1 aliphatic rings. The van der Waals surface area contributed by atoms with E-state index in [1.165, 1.54) is 24.3 Å². The summed E-state index contributed by atoms with van der Waals surface area (Å²) in [5, 5.41) is 2.84. The molecule has 8 heteroatoms. The number of benzene rings is 3. The van der Waals surface area contributed by atoms with Crippen molar-refractivity contribution in [3.8, 4) is 5.75 Å². The van der Waals surface area contributed by atoms with Crippen LogP contribution in [0.5, 0.6) is 5.75 Å². The second-order valence-electron chi connectivity index (χ2n) is 9.19. The van der Waals surface area contributed by atoms with Crippen LogP contribution in [0.3, 0.4) is 0 Å². The Labute approximate surface area is 217 Å². The Kier molecular flexibility index (Phi) is 8.87. The topological polar surface area (TPSA) is 87.9 Å². The van der Waals surface area contributed by atoms with E-state index < -0.39 is 11.9 Å². The molecule has 4 rings (SSSR count). The second kappa shape index (κ2) is 12.5. The zero-order chi connectivity index (χ0) is 26.2. The number of likely N-dealkylation sites (tertiary alicyclic amines) is 1. The van der Waals surface area contributed by atoms with E-state index >= 15 is 0 Å². The number of rotatable bonds is 10. The minimum atomic E-state index is -0.655. The van der Waals surface area contributed by atoms with Gasteiger partial charge in [-0.05, 0) is 53.9 Å². The highest BCUT2D eigenvalue weighted by atomic mass is 19.1. The Morgan fingerprint density at radius 2 is 1.73 bits per heavy atom. The van der Waals surface area contributed by atoms with Gasteiger partial charge < -0.3 is 20.7 Å². The summed E-state index contributed by atoms with van der Waals surface area (Å²) in [5.41, 5.74) is 8.15. The van der Waals surface area contributed by atoms with Crippen molar-refractivity contribution in [2.24, 2.45) is 5.73 Å². The van der Waals surface area contributed by atoms with Crippen molar-refractivity contribution in [3.05, 3.63) is 101 Å². The standard InChI is InChI=1S/C29H33FN4O3/c1-37-26-9-5-8-22(16-26)19-33(18-21-6-3-2-4-7-21)25-17-27(28(35)32-15-14-31)34(20-25)29(36)23-10-12-24(30)13-11-23/h2-13,16,25,27H,14-15,17-20,31H2,1H3,(H,32,35). The number of methoxy groups -OCH3 is 1. The first-order valence-corrected chi connectivity index (χ1v) is 12.4. The van der Waals surface area contributed by atoms with Crippen LogP contribution in [0.15, 0.2) is 78.9 Å². The number of carbonyl (C=O) groups excluding carboxylic acids is 2.